The molecule has 6 atom stereocenters. The van der Waals surface area contributed by atoms with Crippen molar-refractivity contribution in [1.82, 2.24) is 9.78 Å². The van der Waals surface area contributed by atoms with Crippen molar-refractivity contribution in [2.45, 2.75) is 52.3 Å². The molecule has 1 N–H and O–H groups in total. The van der Waals surface area contributed by atoms with Gasteiger partial charge in [0.1, 0.15) is 23.0 Å². The van der Waals surface area contributed by atoms with Crippen molar-refractivity contribution in [2.24, 2.45) is 36.1 Å². The second-order valence-corrected chi connectivity index (χ2v) is 17.2. The number of phenols is 1. The van der Waals surface area contributed by atoms with Crippen molar-refractivity contribution in [3.05, 3.63) is 100 Å². The van der Waals surface area contributed by atoms with Crippen LogP contribution in [0.4, 0.5) is 24.7 Å². The van der Waals surface area contributed by atoms with Crippen molar-refractivity contribution in [3.8, 4) is 22.1 Å². The fourth-order valence-electron chi connectivity index (χ4n) is 9.89. The van der Waals surface area contributed by atoms with E-state index in [4.69, 9.17) is 16.7 Å². The number of aromatic nitrogens is 2. The zero-order chi connectivity index (χ0) is 41.2. The van der Waals surface area contributed by atoms with Gasteiger partial charge in [0.05, 0.1) is 33.7 Å². The molecule has 0 radical (unpaired) electrons. The lowest BCUT2D eigenvalue weighted by Crippen LogP contribution is -2.49. The third kappa shape index (κ3) is 5.62. The molecule has 3 fully saturated rings. The predicted molar refractivity (Wildman–Crippen MR) is 211 cm³/mol. The third-order valence-electron chi connectivity index (χ3n) is 12.6. The number of aromatic hydroxyl groups is 1. The van der Waals surface area contributed by atoms with E-state index in [1.807, 2.05) is 38.1 Å². The van der Waals surface area contributed by atoms with Gasteiger partial charge < -0.3 is 9.84 Å². The Hall–Kier alpha value is -5.47. The van der Waals surface area contributed by atoms with Crippen LogP contribution in [0.5, 0.6) is 11.5 Å². The molecule has 2 aromatic heterocycles. The Balaban J connectivity index is 1.17. The van der Waals surface area contributed by atoms with E-state index >= 15 is 4.79 Å². The summed E-state index contributed by atoms with van der Waals surface area (Å²) in [4.78, 5) is 61.6. The number of rotatable bonds is 6. The fraction of sp³-hybridized carbons (Fsp3) is 0.326. The molecule has 3 aromatic carbocycles. The highest BCUT2D eigenvalue weighted by molar-refractivity contribution is 7.22. The number of halogens is 4. The number of ether oxygens (including phenoxy) is 1. The first-order valence-electron chi connectivity index (χ1n) is 18.9. The molecular weight excluding hydrogens is 793 g/mol. The number of allylic oxidation sites excluding steroid dienone is 2. The van der Waals surface area contributed by atoms with Crippen LogP contribution in [0.15, 0.2) is 78.4 Å². The molecule has 15 heteroatoms. The van der Waals surface area contributed by atoms with E-state index < -0.39 is 70.6 Å². The van der Waals surface area contributed by atoms with Crippen molar-refractivity contribution >= 4 is 68.2 Å². The van der Waals surface area contributed by atoms with Crippen molar-refractivity contribution in [3.63, 3.8) is 0 Å². The minimum absolute atomic E-state index is 0.00308. The van der Waals surface area contributed by atoms with Crippen LogP contribution >= 0.6 is 22.9 Å². The summed E-state index contributed by atoms with van der Waals surface area (Å²) in [6, 6.07) is 17.4. The van der Waals surface area contributed by atoms with Gasteiger partial charge in [-0.3, -0.25) is 28.8 Å². The average Bonchev–Trinajstić information content (AvgIpc) is 3.85. The summed E-state index contributed by atoms with van der Waals surface area (Å²) in [7, 11) is 1.61. The number of hydrogen-bond acceptors (Lipinski definition) is 8. The van der Waals surface area contributed by atoms with E-state index in [1.165, 1.54) is 20.9 Å². The number of nitrogens with zero attached hydrogens (tertiary/aromatic N) is 4. The van der Waals surface area contributed by atoms with Crippen molar-refractivity contribution in [1.29, 1.82) is 0 Å². The molecule has 4 amide bonds. The molecule has 4 heterocycles. The van der Waals surface area contributed by atoms with Crippen LogP contribution in [0.3, 0.4) is 0 Å². The van der Waals surface area contributed by atoms with E-state index in [0.717, 1.165) is 55.6 Å². The maximum absolute atomic E-state index is 15.1. The van der Waals surface area contributed by atoms with Gasteiger partial charge >= 0.3 is 6.36 Å². The number of amides is 4. The normalized spacial score (nSPS) is 25.7. The lowest BCUT2D eigenvalue weighted by Gasteiger charge is -2.49. The van der Waals surface area contributed by atoms with Gasteiger partial charge in [0.2, 0.25) is 23.6 Å². The minimum Gasteiger partial charge on any atom is -0.508 e. The molecule has 9 rings (SSSR count). The molecule has 2 saturated heterocycles. The Kier molecular flexibility index (Phi) is 8.72. The number of aryl methyl sites for hydroxylation is 3. The van der Waals surface area contributed by atoms with Gasteiger partial charge in [0, 0.05) is 34.3 Å². The number of thiophene rings is 1. The molecule has 1 saturated carbocycles. The quantitative estimate of drug-likeness (QED) is 0.134. The van der Waals surface area contributed by atoms with E-state index in [2.05, 4.69) is 4.74 Å². The molecular formula is C43H36ClF3N4O6S. The Bertz CT molecular complexity index is 2640. The maximum atomic E-state index is 15.1. The van der Waals surface area contributed by atoms with Crippen LogP contribution in [0, 0.1) is 36.0 Å². The van der Waals surface area contributed by atoms with Gasteiger partial charge in [0.25, 0.3) is 0 Å². The number of imide groups is 2. The molecule has 5 aromatic rings. The van der Waals surface area contributed by atoms with Crippen molar-refractivity contribution < 1.29 is 42.2 Å². The molecule has 0 spiro atoms. The molecule has 10 nitrogen and oxygen atoms in total. The Labute approximate surface area is 339 Å². The van der Waals surface area contributed by atoms with Crippen LogP contribution in [0.2, 0.25) is 5.02 Å². The monoisotopic (exact) mass is 828 g/mol. The highest BCUT2D eigenvalue weighted by atomic mass is 35.5. The number of carbonyl (C=O) groups excluding carboxylic acids is 4. The predicted octanol–water partition coefficient (Wildman–Crippen LogP) is 8.87. The highest BCUT2D eigenvalue weighted by Gasteiger charge is 2.68. The van der Waals surface area contributed by atoms with E-state index in [-0.39, 0.29) is 30.1 Å². The smallest absolute Gasteiger partial charge is 0.508 e. The lowest BCUT2D eigenvalue weighted by molar-refractivity contribution is -0.274. The Morgan fingerprint density at radius 1 is 0.966 bits per heavy atom. The van der Waals surface area contributed by atoms with Gasteiger partial charge in [-0.15, -0.1) is 24.5 Å². The summed E-state index contributed by atoms with van der Waals surface area (Å²) < 4.78 is 47.3. The summed E-state index contributed by atoms with van der Waals surface area (Å²) in [6.07, 6.45) is -2.42. The number of fused-ring (bicyclic) bond motifs is 5. The van der Waals surface area contributed by atoms with Gasteiger partial charge in [-0.2, -0.15) is 5.10 Å². The summed E-state index contributed by atoms with van der Waals surface area (Å²) in [6.45, 7) is 5.52. The van der Waals surface area contributed by atoms with E-state index in [1.54, 1.807) is 44.3 Å². The Morgan fingerprint density at radius 2 is 1.71 bits per heavy atom. The van der Waals surface area contributed by atoms with Gasteiger partial charge in [-0.05, 0) is 104 Å². The van der Waals surface area contributed by atoms with Gasteiger partial charge in [0.15, 0.2) is 0 Å². The molecule has 4 aliphatic rings. The second-order valence-electron chi connectivity index (χ2n) is 15.7. The Morgan fingerprint density at radius 3 is 2.41 bits per heavy atom. The number of anilines is 2. The van der Waals surface area contributed by atoms with Crippen molar-refractivity contribution in [2.75, 3.05) is 9.80 Å². The number of hydrogen-bond donors (Lipinski definition) is 1. The SMILES string of the molecule is CCc1ccc(N2C(=O)C3CC=C4C(CC5C(=O)N(c6cc(-c7sc8ccc(Cl)cc8c7C)nn6C)C(=O)C5(C)C4c4cc(OC(F)(F)F)ccc4O)C3C2=O)cc1. The van der Waals surface area contributed by atoms with E-state index in [0.29, 0.717) is 22.0 Å². The summed E-state index contributed by atoms with van der Waals surface area (Å²) in [5.41, 5.74) is 1.64. The maximum Gasteiger partial charge on any atom is 0.573 e. The zero-order valence-electron chi connectivity index (χ0n) is 31.6. The molecule has 58 heavy (non-hydrogen) atoms. The highest BCUT2D eigenvalue weighted by Crippen LogP contribution is 2.65. The molecule has 0 bridgehead atoms. The largest absolute Gasteiger partial charge is 0.573 e. The summed E-state index contributed by atoms with van der Waals surface area (Å²) in [5, 5.41) is 17.6. The standard InChI is InChI=1S/C43H36ClF3N4O6S/c1-5-21-6-9-23(10-7-21)50-38(53)26-13-12-25-28(35(26)40(50)55)18-30-39(54)51(34-19-31(48-49(34)4)37-20(2)27-16-22(44)8-15-33(27)58-37)41(56)42(30,3)36(25)29-17-24(11-14-32(29)52)57-43(45,46)47/h6-12,14-17,19,26,28,30,35-36,52H,5,13,18H2,1-4H3. The molecule has 2 aliphatic heterocycles. The number of carbonyl (C=O) groups is 4. The summed E-state index contributed by atoms with van der Waals surface area (Å²) >= 11 is 7.78. The molecule has 2 aliphatic carbocycles. The van der Waals surface area contributed by atoms with Crippen LogP contribution in [-0.2, 0) is 32.6 Å². The first kappa shape index (κ1) is 38.1. The number of phenolic OH excluding ortho intramolecular Hbond substituents is 1. The molecule has 298 valence electrons. The molecule has 6 unspecified atom stereocenters. The fourth-order valence-corrected chi connectivity index (χ4v) is 11.2. The lowest BCUT2D eigenvalue weighted by atomic mass is 9.51. The second kappa shape index (κ2) is 13.3. The van der Waals surface area contributed by atoms with Crippen LogP contribution in [-0.4, -0.2) is 44.9 Å². The zero-order valence-corrected chi connectivity index (χ0v) is 33.2. The first-order chi connectivity index (χ1) is 27.5. The van der Waals surface area contributed by atoms with Crippen LogP contribution in [0.1, 0.15) is 49.3 Å². The average molecular weight is 829 g/mol. The van der Waals surface area contributed by atoms with Crippen LogP contribution in [0.25, 0.3) is 20.7 Å². The number of benzene rings is 3. The first-order valence-corrected chi connectivity index (χ1v) is 20.1. The third-order valence-corrected chi connectivity index (χ3v) is 14.2. The minimum atomic E-state index is -5.06. The number of alkyl halides is 3. The van der Waals surface area contributed by atoms with Gasteiger partial charge in [-0.1, -0.05) is 42.3 Å². The van der Waals surface area contributed by atoms with E-state index in [9.17, 15) is 32.7 Å². The topological polar surface area (TPSA) is 122 Å². The van der Waals surface area contributed by atoms with Gasteiger partial charge in [-0.25, -0.2) is 4.90 Å². The van der Waals surface area contributed by atoms with Crippen LogP contribution < -0.4 is 14.5 Å². The summed E-state index contributed by atoms with van der Waals surface area (Å²) in [5.74, 6) is -7.70.